The first-order valence-electron chi connectivity index (χ1n) is 5.47. The number of hydrogen-bond donors (Lipinski definition) is 1. The summed E-state index contributed by atoms with van der Waals surface area (Å²) >= 11 is 0. The van der Waals surface area contributed by atoms with Gasteiger partial charge in [0.05, 0.1) is 0 Å². The van der Waals surface area contributed by atoms with E-state index >= 15 is 0 Å². The second kappa shape index (κ2) is 3.39. The second-order valence-corrected chi connectivity index (χ2v) is 4.94. The number of benzene rings is 1. The summed E-state index contributed by atoms with van der Waals surface area (Å²) in [6.07, 6.45) is 3.44. The average Bonchev–Trinajstić information content (AvgIpc) is 2.83. The van der Waals surface area contributed by atoms with Crippen LogP contribution in [0.5, 0.6) is 0 Å². The molecule has 76 valence electrons. The maximum absolute atomic E-state index is 6.10. The highest BCUT2D eigenvalue weighted by Gasteiger charge is 2.37. The van der Waals surface area contributed by atoms with Gasteiger partial charge in [-0.15, -0.1) is 0 Å². The van der Waals surface area contributed by atoms with Gasteiger partial charge in [0, 0.05) is 5.54 Å². The molecule has 0 heterocycles. The van der Waals surface area contributed by atoms with Crippen molar-refractivity contribution < 1.29 is 0 Å². The zero-order valence-corrected chi connectivity index (χ0v) is 9.09. The monoisotopic (exact) mass is 189 g/mol. The second-order valence-electron chi connectivity index (χ2n) is 4.94. The van der Waals surface area contributed by atoms with E-state index in [1.807, 2.05) is 0 Å². The predicted octanol–water partition coefficient (Wildman–Crippen LogP) is 2.84. The SMILES string of the molecule is CC(C)c1cccc(CC2(N)CC2)c1. The molecular weight excluding hydrogens is 170 g/mol. The molecule has 0 radical (unpaired) electrons. The molecule has 1 fully saturated rings. The Morgan fingerprint density at radius 3 is 2.64 bits per heavy atom. The molecule has 1 saturated carbocycles. The minimum atomic E-state index is 0.135. The largest absolute Gasteiger partial charge is 0.325 e. The summed E-state index contributed by atoms with van der Waals surface area (Å²) in [5.41, 5.74) is 9.06. The van der Waals surface area contributed by atoms with Gasteiger partial charge in [0.15, 0.2) is 0 Å². The first-order valence-corrected chi connectivity index (χ1v) is 5.47. The fourth-order valence-electron chi connectivity index (χ4n) is 1.81. The molecule has 1 nitrogen and oxygen atoms in total. The molecule has 1 heteroatoms. The maximum atomic E-state index is 6.10. The zero-order valence-electron chi connectivity index (χ0n) is 9.09. The van der Waals surface area contributed by atoms with Gasteiger partial charge in [0.25, 0.3) is 0 Å². The van der Waals surface area contributed by atoms with Crippen LogP contribution in [0.1, 0.15) is 43.7 Å². The molecule has 1 aromatic carbocycles. The Bertz CT molecular complexity index is 324. The van der Waals surface area contributed by atoms with E-state index in [-0.39, 0.29) is 5.54 Å². The van der Waals surface area contributed by atoms with Crippen molar-refractivity contribution in [1.82, 2.24) is 0 Å². The Balaban J connectivity index is 2.13. The Labute approximate surface area is 86.3 Å². The molecule has 0 unspecified atom stereocenters. The highest BCUT2D eigenvalue weighted by molar-refractivity contribution is 5.28. The summed E-state index contributed by atoms with van der Waals surface area (Å²) in [5, 5.41) is 0. The van der Waals surface area contributed by atoms with Crippen LogP contribution in [0.2, 0.25) is 0 Å². The van der Waals surface area contributed by atoms with Crippen molar-refractivity contribution in [2.45, 2.75) is 44.6 Å². The molecule has 0 atom stereocenters. The van der Waals surface area contributed by atoms with Gasteiger partial charge in [-0.1, -0.05) is 38.1 Å². The van der Waals surface area contributed by atoms with Crippen LogP contribution in [0.4, 0.5) is 0 Å². The standard InChI is InChI=1S/C13H19N/c1-10(2)12-5-3-4-11(8-12)9-13(14)6-7-13/h3-5,8,10H,6-7,9,14H2,1-2H3. The number of rotatable bonds is 3. The van der Waals surface area contributed by atoms with Gasteiger partial charge < -0.3 is 5.73 Å². The highest BCUT2D eigenvalue weighted by atomic mass is 14.8. The summed E-state index contributed by atoms with van der Waals surface area (Å²) in [7, 11) is 0. The molecule has 1 aliphatic rings. The maximum Gasteiger partial charge on any atom is 0.0196 e. The Morgan fingerprint density at radius 2 is 2.07 bits per heavy atom. The van der Waals surface area contributed by atoms with Gasteiger partial charge in [-0.3, -0.25) is 0 Å². The predicted molar refractivity (Wildman–Crippen MR) is 60.4 cm³/mol. The fourth-order valence-corrected chi connectivity index (χ4v) is 1.81. The first kappa shape index (κ1) is 9.72. The molecule has 2 N–H and O–H groups in total. The van der Waals surface area contributed by atoms with E-state index in [0.29, 0.717) is 5.92 Å². The molecule has 0 aromatic heterocycles. The zero-order chi connectivity index (χ0) is 10.2. The van der Waals surface area contributed by atoms with Crippen molar-refractivity contribution >= 4 is 0 Å². The van der Waals surface area contributed by atoms with E-state index < -0.39 is 0 Å². The van der Waals surface area contributed by atoms with E-state index in [4.69, 9.17) is 5.73 Å². The van der Waals surface area contributed by atoms with E-state index in [1.165, 1.54) is 24.0 Å². The third-order valence-electron chi connectivity index (χ3n) is 3.07. The van der Waals surface area contributed by atoms with Gasteiger partial charge in [-0.2, -0.15) is 0 Å². The number of hydrogen-bond acceptors (Lipinski definition) is 1. The van der Waals surface area contributed by atoms with Crippen molar-refractivity contribution in [3.63, 3.8) is 0 Å². The third-order valence-corrected chi connectivity index (χ3v) is 3.07. The third kappa shape index (κ3) is 2.16. The summed E-state index contributed by atoms with van der Waals surface area (Å²) in [6.45, 7) is 4.46. The fraction of sp³-hybridized carbons (Fsp3) is 0.538. The lowest BCUT2D eigenvalue weighted by Gasteiger charge is -2.11. The van der Waals surface area contributed by atoms with Gasteiger partial charge >= 0.3 is 0 Å². The summed E-state index contributed by atoms with van der Waals surface area (Å²) < 4.78 is 0. The quantitative estimate of drug-likeness (QED) is 0.777. The minimum absolute atomic E-state index is 0.135. The van der Waals surface area contributed by atoms with Crippen molar-refractivity contribution in [3.05, 3.63) is 35.4 Å². The average molecular weight is 189 g/mol. The Morgan fingerprint density at radius 1 is 1.36 bits per heavy atom. The molecule has 14 heavy (non-hydrogen) atoms. The van der Waals surface area contributed by atoms with E-state index in [1.54, 1.807) is 0 Å². The smallest absolute Gasteiger partial charge is 0.0196 e. The lowest BCUT2D eigenvalue weighted by Crippen LogP contribution is -2.24. The molecule has 0 saturated heterocycles. The van der Waals surface area contributed by atoms with Crippen molar-refractivity contribution in [2.75, 3.05) is 0 Å². The van der Waals surface area contributed by atoms with E-state index in [9.17, 15) is 0 Å². The molecule has 0 bridgehead atoms. The van der Waals surface area contributed by atoms with Crippen molar-refractivity contribution in [3.8, 4) is 0 Å². The van der Waals surface area contributed by atoms with Crippen molar-refractivity contribution in [1.29, 1.82) is 0 Å². The summed E-state index contributed by atoms with van der Waals surface area (Å²) in [4.78, 5) is 0. The molecule has 2 rings (SSSR count). The first-order chi connectivity index (χ1) is 6.59. The Hall–Kier alpha value is -0.820. The van der Waals surface area contributed by atoms with Crippen LogP contribution in [0.15, 0.2) is 24.3 Å². The van der Waals surface area contributed by atoms with Crippen LogP contribution in [0, 0.1) is 0 Å². The molecule has 0 spiro atoms. The van der Waals surface area contributed by atoms with Crippen LogP contribution in [0.25, 0.3) is 0 Å². The minimum Gasteiger partial charge on any atom is -0.325 e. The van der Waals surface area contributed by atoms with Crippen LogP contribution in [0.3, 0.4) is 0 Å². The van der Waals surface area contributed by atoms with Crippen molar-refractivity contribution in [2.24, 2.45) is 5.73 Å². The lowest BCUT2D eigenvalue weighted by molar-refractivity contribution is 0.670. The molecule has 1 aliphatic carbocycles. The van der Waals surface area contributed by atoms with Gasteiger partial charge in [0.2, 0.25) is 0 Å². The van der Waals surface area contributed by atoms with Gasteiger partial charge in [-0.05, 0) is 36.3 Å². The van der Waals surface area contributed by atoms with Crippen LogP contribution in [-0.4, -0.2) is 5.54 Å². The number of nitrogens with two attached hydrogens (primary N) is 1. The highest BCUT2D eigenvalue weighted by Crippen LogP contribution is 2.35. The van der Waals surface area contributed by atoms with Crippen LogP contribution in [-0.2, 0) is 6.42 Å². The molecular formula is C13H19N. The molecule has 0 aliphatic heterocycles. The summed E-state index contributed by atoms with van der Waals surface area (Å²) in [5.74, 6) is 0.614. The van der Waals surface area contributed by atoms with E-state index in [2.05, 4.69) is 38.1 Å². The molecule has 0 amide bonds. The van der Waals surface area contributed by atoms with E-state index in [0.717, 1.165) is 6.42 Å². The summed E-state index contributed by atoms with van der Waals surface area (Å²) in [6, 6.07) is 8.84. The lowest BCUT2D eigenvalue weighted by atomic mass is 9.97. The normalized spacial score (nSPS) is 18.6. The Kier molecular flexibility index (Phi) is 2.36. The van der Waals surface area contributed by atoms with Gasteiger partial charge in [-0.25, -0.2) is 0 Å². The van der Waals surface area contributed by atoms with Gasteiger partial charge in [0.1, 0.15) is 0 Å². The van der Waals surface area contributed by atoms with Crippen LogP contribution >= 0.6 is 0 Å². The van der Waals surface area contributed by atoms with Crippen LogP contribution < -0.4 is 5.73 Å². The topological polar surface area (TPSA) is 26.0 Å². The molecule has 1 aromatic rings.